The van der Waals surface area contributed by atoms with Crippen LogP contribution >= 0.6 is 0 Å². The molecule has 0 bridgehead atoms. The second-order valence-electron chi connectivity index (χ2n) is 3.67. The first-order valence-electron chi connectivity index (χ1n) is 4.98. The molecule has 18 heavy (non-hydrogen) atoms. The molecule has 0 fully saturated rings. The van der Waals surface area contributed by atoms with Crippen molar-refractivity contribution in [1.82, 2.24) is 5.32 Å². The van der Waals surface area contributed by atoms with Gasteiger partial charge in [-0.15, -0.1) is 0 Å². The Bertz CT molecular complexity index is 458. The molecule has 7 heteroatoms. The van der Waals surface area contributed by atoms with Gasteiger partial charge in [-0.1, -0.05) is 0 Å². The molecular formula is C11H11F2NO4. The van der Waals surface area contributed by atoms with Gasteiger partial charge in [0, 0.05) is 6.07 Å². The molecule has 1 rings (SSSR count). The summed E-state index contributed by atoms with van der Waals surface area (Å²) in [6.07, 6.45) is -1.84. The van der Waals surface area contributed by atoms with E-state index in [0.29, 0.717) is 6.07 Å². The normalized spacial score (nSPS) is 13.8. The molecule has 0 unspecified atom stereocenters. The summed E-state index contributed by atoms with van der Waals surface area (Å²) in [5.74, 6) is -4.22. The SMILES string of the molecule is C[C@H](NC(=O)[C@H](O)c1cc(F)cc(F)c1)C(=O)O. The number of aliphatic carboxylic acids is 1. The minimum Gasteiger partial charge on any atom is -0.480 e. The van der Waals surface area contributed by atoms with Crippen LogP contribution in [-0.4, -0.2) is 28.1 Å². The topological polar surface area (TPSA) is 86.6 Å². The Balaban J connectivity index is 2.83. The Morgan fingerprint density at radius 3 is 2.17 bits per heavy atom. The van der Waals surface area contributed by atoms with Crippen molar-refractivity contribution in [3.63, 3.8) is 0 Å². The van der Waals surface area contributed by atoms with Crippen LogP contribution in [-0.2, 0) is 9.59 Å². The third-order valence-electron chi connectivity index (χ3n) is 2.18. The molecule has 0 saturated carbocycles. The zero-order chi connectivity index (χ0) is 13.9. The number of benzene rings is 1. The van der Waals surface area contributed by atoms with Crippen molar-refractivity contribution < 1.29 is 28.6 Å². The van der Waals surface area contributed by atoms with Crippen molar-refractivity contribution in [3.05, 3.63) is 35.4 Å². The van der Waals surface area contributed by atoms with Gasteiger partial charge in [0.2, 0.25) is 0 Å². The van der Waals surface area contributed by atoms with E-state index in [4.69, 9.17) is 5.11 Å². The van der Waals surface area contributed by atoms with Crippen molar-refractivity contribution in [3.8, 4) is 0 Å². The number of hydrogen-bond donors (Lipinski definition) is 3. The summed E-state index contributed by atoms with van der Waals surface area (Å²) < 4.78 is 25.7. The molecule has 98 valence electrons. The fourth-order valence-electron chi connectivity index (χ4n) is 1.24. The van der Waals surface area contributed by atoms with Crippen LogP contribution < -0.4 is 5.32 Å². The van der Waals surface area contributed by atoms with Crippen molar-refractivity contribution in [1.29, 1.82) is 0 Å². The zero-order valence-electron chi connectivity index (χ0n) is 9.35. The van der Waals surface area contributed by atoms with Crippen molar-refractivity contribution >= 4 is 11.9 Å². The predicted octanol–water partition coefficient (Wildman–Crippen LogP) is 0.587. The molecule has 0 saturated heterocycles. The number of aliphatic hydroxyl groups is 1. The van der Waals surface area contributed by atoms with Crippen LogP contribution in [0.25, 0.3) is 0 Å². The van der Waals surface area contributed by atoms with Gasteiger partial charge < -0.3 is 15.5 Å². The molecule has 0 aromatic heterocycles. The first-order valence-corrected chi connectivity index (χ1v) is 4.98. The van der Waals surface area contributed by atoms with Gasteiger partial charge in [0.1, 0.15) is 17.7 Å². The lowest BCUT2D eigenvalue weighted by Gasteiger charge is -2.14. The maximum atomic E-state index is 12.9. The number of rotatable bonds is 4. The standard InChI is InChI=1S/C11H11F2NO4/c1-5(11(17)18)14-10(16)9(15)6-2-7(12)4-8(13)3-6/h2-5,9,15H,1H3,(H,14,16)(H,17,18)/t5-,9+/m0/s1. The lowest BCUT2D eigenvalue weighted by Crippen LogP contribution is -2.41. The minimum absolute atomic E-state index is 0.289. The zero-order valence-corrected chi connectivity index (χ0v) is 9.35. The Kier molecular flexibility index (Phi) is 4.33. The Labute approximate surface area is 101 Å². The van der Waals surface area contributed by atoms with E-state index in [2.05, 4.69) is 0 Å². The van der Waals surface area contributed by atoms with Crippen LogP contribution in [0.4, 0.5) is 8.78 Å². The lowest BCUT2D eigenvalue weighted by molar-refractivity contribution is -0.142. The van der Waals surface area contributed by atoms with Crippen LogP contribution in [0.5, 0.6) is 0 Å². The number of nitrogens with one attached hydrogen (secondary N) is 1. The maximum Gasteiger partial charge on any atom is 0.325 e. The first-order chi connectivity index (χ1) is 8.31. The molecule has 1 amide bonds. The molecule has 1 aromatic carbocycles. The largest absolute Gasteiger partial charge is 0.480 e. The van der Waals surface area contributed by atoms with Crippen LogP contribution in [0.2, 0.25) is 0 Å². The number of carboxylic acid groups (broad SMARTS) is 1. The average molecular weight is 259 g/mol. The average Bonchev–Trinajstić information content (AvgIpc) is 2.26. The Hall–Kier alpha value is -2.02. The van der Waals surface area contributed by atoms with Crippen molar-refractivity contribution in [2.24, 2.45) is 0 Å². The predicted molar refractivity (Wildman–Crippen MR) is 56.6 cm³/mol. The molecule has 0 heterocycles. The smallest absolute Gasteiger partial charge is 0.325 e. The lowest BCUT2D eigenvalue weighted by atomic mass is 10.1. The number of carbonyl (C=O) groups excluding carboxylic acids is 1. The van der Waals surface area contributed by atoms with Gasteiger partial charge in [0.15, 0.2) is 6.10 Å². The molecule has 2 atom stereocenters. The van der Waals surface area contributed by atoms with Crippen LogP contribution in [0, 0.1) is 11.6 Å². The van der Waals surface area contributed by atoms with Gasteiger partial charge in [-0.3, -0.25) is 9.59 Å². The fraction of sp³-hybridized carbons (Fsp3) is 0.273. The van der Waals surface area contributed by atoms with Crippen LogP contribution in [0.3, 0.4) is 0 Å². The maximum absolute atomic E-state index is 12.9. The number of amides is 1. The van der Waals surface area contributed by atoms with Gasteiger partial charge in [0.05, 0.1) is 0 Å². The highest BCUT2D eigenvalue weighted by Crippen LogP contribution is 2.16. The van der Waals surface area contributed by atoms with E-state index in [1.807, 2.05) is 5.32 Å². The van der Waals surface area contributed by atoms with E-state index in [0.717, 1.165) is 12.1 Å². The summed E-state index contributed by atoms with van der Waals surface area (Å²) in [7, 11) is 0. The van der Waals surface area contributed by atoms with E-state index in [1.165, 1.54) is 6.92 Å². The van der Waals surface area contributed by atoms with Gasteiger partial charge in [-0.25, -0.2) is 8.78 Å². The van der Waals surface area contributed by atoms with Gasteiger partial charge in [-0.05, 0) is 24.6 Å². The highest BCUT2D eigenvalue weighted by Gasteiger charge is 2.22. The summed E-state index contributed by atoms with van der Waals surface area (Å²) in [5.41, 5.74) is -0.289. The van der Waals surface area contributed by atoms with Gasteiger partial charge in [-0.2, -0.15) is 0 Å². The second-order valence-corrected chi connectivity index (χ2v) is 3.67. The third-order valence-corrected chi connectivity index (χ3v) is 2.18. The fourth-order valence-corrected chi connectivity index (χ4v) is 1.24. The molecule has 0 radical (unpaired) electrons. The molecule has 3 N–H and O–H groups in total. The molecule has 0 aliphatic heterocycles. The number of carbonyl (C=O) groups is 2. The number of halogens is 2. The molecule has 0 aliphatic rings. The van der Waals surface area contributed by atoms with E-state index >= 15 is 0 Å². The molecule has 0 spiro atoms. The second kappa shape index (κ2) is 5.54. The number of carboxylic acids is 1. The van der Waals surface area contributed by atoms with Crippen molar-refractivity contribution in [2.75, 3.05) is 0 Å². The summed E-state index contributed by atoms with van der Waals surface area (Å²) in [6.45, 7) is 1.19. The summed E-state index contributed by atoms with van der Waals surface area (Å²) in [5, 5.41) is 20.1. The monoisotopic (exact) mass is 259 g/mol. The minimum atomic E-state index is -1.84. The first kappa shape index (κ1) is 14.0. The Morgan fingerprint density at radius 2 is 1.72 bits per heavy atom. The third kappa shape index (κ3) is 3.49. The van der Waals surface area contributed by atoms with E-state index in [-0.39, 0.29) is 5.56 Å². The quantitative estimate of drug-likeness (QED) is 0.738. The highest BCUT2D eigenvalue weighted by atomic mass is 19.1. The van der Waals surface area contributed by atoms with E-state index in [1.54, 1.807) is 0 Å². The van der Waals surface area contributed by atoms with Crippen LogP contribution in [0.1, 0.15) is 18.6 Å². The molecule has 1 aromatic rings. The van der Waals surface area contributed by atoms with Crippen molar-refractivity contribution in [2.45, 2.75) is 19.1 Å². The van der Waals surface area contributed by atoms with E-state index in [9.17, 15) is 23.5 Å². The summed E-state index contributed by atoms with van der Waals surface area (Å²) in [4.78, 5) is 21.9. The summed E-state index contributed by atoms with van der Waals surface area (Å²) >= 11 is 0. The molecular weight excluding hydrogens is 248 g/mol. The van der Waals surface area contributed by atoms with E-state index < -0.39 is 35.7 Å². The Morgan fingerprint density at radius 1 is 1.22 bits per heavy atom. The van der Waals surface area contributed by atoms with Gasteiger partial charge in [0.25, 0.3) is 5.91 Å². The van der Waals surface area contributed by atoms with Crippen LogP contribution in [0.15, 0.2) is 18.2 Å². The molecule has 5 nitrogen and oxygen atoms in total. The number of aliphatic hydroxyl groups excluding tert-OH is 1. The van der Waals surface area contributed by atoms with Gasteiger partial charge >= 0.3 is 5.97 Å². The number of hydrogen-bond acceptors (Lipinski definition) is 3. The molecule has 0 aliphatic carbocycles. The summed E-state index contributed by atoms with van der Waals surface area (Å²) in [6, 6.07) is 0.955. The highest BCUT2D eigenvalue weighted by molar-refractivity contribution is 5.86.